The van der Waals surface area contributed by atoms with E-state index in [1.807, 2.05) is 112 Å². The van der Waals surface area contributed by atoms with Crippen molar-refractivity contribution >= 4 is 91.8 Å². The van der Waals surface area contributed by atoms with Crippen LogP contribution in [-0.2, 0) is 105 Å². The average Bonchev–Trinajstić information content (AvgIpc) is 1.56. The molecule has 2 aliphatic carbocycles. The smallest absolute Gasteiger partial charge is 0.416 e. The first-order valence-electron chi connectivity index (χ1n) is 40.8. The lowest BCUT2D eigenvalue weighted by atomic mass is 9.67. The number of benzene rings is 5. The van der Waals surface area contributed by atoms with Crippen LogP contribution in [0.25, 0.3) is 0 Å². The van der Waals surface area contributed by atoms with Crippen molar-refractivity contribution in [2.24, 2.45) is 28.9 Å². The minimum Gasteiger partial charge on any atom is -0.481 e. The van der Waals surface area contributed by atoms with E-state index in [2.05, 4.69) is 31.2 Å². The number of aromatic nitrogens is 2. The molecule has 0 bridgehead atoms. The van der Waals surface area contributed by atoms with Crippen molar-refractivity contribution in [2.45, 2.75) is 191 Å². The van der Waals surface area contributed by atoms with E-state index in [0.29, 0.717) is 72.4 Å². The lowest BCUT2D eigenvalue weighted by Crippen LogP contribution is -2.57. The van der Waals surface area contributed by atoms with Gasteiger partial charge in [0.25, 0.3) is 5.91 Å². The highest BCUT2D eigenvalue weighted by Crippen LogP contribution is 2.53. The molecule has 682 valence electrons. The molecule has 25 nitrogen and oxygen atoms in total. The number of methoxy groups -OCH3 is 1. The molecule has 9 atom stereocenters. The number of ketones is 2. The summed E-state index contributed by atoms with van der Waals surface area (Å²) in [5.74, 6) is -10.5. The predicted octanol–water partition coefficient (Wildman–Crippen LogP) is 15.0. The van der Waals surface area contributed by atoms with Gasteiger partial charge in [-0.15, -0.1) is 11.3 Å². The van der Waals surface area contributed by atoms with E-state index in [1.165, 1.54) is 31.4 Å². The molecular weight excluding hydrogens is 1700 g/mol. The second-order valence-corrected chi connectivity index (χ2v) is 35.2. The monoisotopic (exact) mass is 1810 g/mol. The molecule has 3 heterocycles. The van der Waals surface area contributed by atoms with E-state index < -0.39 is 139 Å². The molecule has 10 N–H and O–H groups in total. The van der Waals surface area contributed by atoms with Crippen LogP contribution in [-0.4, -0.2) is 155 Å². The van der Waals surface area contributed by atoms with Gasteiger partial charge in [0.15, 0.2) is 27.2 Å². The zero-order chi connectivity index (χ0) is 93.5. The molecular formula is C92H110ClF6N7O18S2. The zero-order valence-corrected chi connectivity index (χ0v) is 74.0. The molecule has 9 unspecified atom stereocenters. The fourth-order valence-corrected chi connectivity index (χ4v) is 17.2. The number of carbonyl (C=O) groups is 10. The number of hydrogen-bond acceptors (Lipinski definition) is 18. The number of carbonyl (C=O) groups excluding carboxylic acids is 6. The Kier molecular flexibility index (Phi) is 39.3. The molecule has 4 amide bonds. The van der Waals surface area contributed by atoms with Crippen LogP contribution in [0, 0.1) is 30.1 Å². The Labute approximate surface area is 738 Å². The van der Waals surface area contributed by atoms with Crippen molar-refractivity contribution in [3.05, 3.63) is 247 Å². The van der Waals surface area contributed by atoms with Gasteiger partial charge in [-0.3, -0.25) is 38.4 Å². The number of nitrogens with one attached hydrogen (secondary N) is 4. The maximum absolute atomic E-state index is 13.4. The van der Waals surface area contributed by atoms with Gasteiger partial charge in [0.05, 0.1) is 63.8 Å². The van der Waals surface area contributed by atoms with Crippen LogP contribution in [0.5, 0.6) is 0 Å². The summed E-state index contributed by atoms with van der Waals surface area (Å²) >= 11 is 7.47. The molecule has 10 rings (SSSR count). The lowest BCUT2D eigenvalue weighted by molar-refractivity contribution is -0.182. The first kappa shape index (κ1) is 104. The van der Waals surface area contributed by atoms with Crippen LogP contribution in [0.4, 0.5) is 26.3 Å². The number of hydrogen-bond donors (Lipinski definition) is 9. The van der Waals surface area contributed by atoms with E-state index in [4.69, 9.17) is 31.9 Å². The molecule has 0 spiro atoms. The minimum absolute atomic E-state index is 0.00650. The Hall–Kier alpha value is -10.8. The van der Waals surface area contributed by atoms with E-state index in [0.717, 1.165) is 77.7 Å². The molecule has 1 saturated carbocycles. The number of halogens is 7. The second kappa shape index (κ2) is 47.6. The molecule has 1 saturated heterocycles. The van der Waals surface area contributed by atoms with Gasteiger partial charge in [-0.05, 0) is 155 Å². The standard InChI is InChI=1S/C27H32F3NO3.C20H24N2O4.C18H19ClN2O3.C15H17NO3S.C12H18F3NO5S/c1-5-19-9-11-20(12-10-19)24(18(2)32)31-23(33)16-26(13-14-34-25(3,4)17-26)21-7-6-8-22(15-21)27(28,29)30;1-26-14-20(19(24)25,17-10-6-3-7-11-17)22-18(23)16(13-21)12-15-8-4-2-5-9-15;1-3-5-13-6-4-7-15(20-13)17(22)21-16(18(23)24)12-8-9-14(19)11(2)10-12;17-14(6-5-13-9-20-10-16-13)8-12(15(18)19)7-11-3-1-2-4-11;1-3-11(5-8(11)22(2,20)21)10(19)16-6-7(4-9(17)18)12(13,14)15/h6-12,15,24H,5,13-14,16-17H2,1-4H3,(H,31,33);2-11,16H,12-14,21H2,1H3,(H,22,23)(H,24,25);4,6-10,16H,3,5H2,1-2H3,(H,21,22)(H,23,24);1,3-4,9-10,12H,2,5-8H2,(H,18,19);7-8H,3-6H2,1-2H3,(H,16,19)(H,17,18). The summed E-state index contributed by atoms with van der Waals surface area (Å²) in [5.41, 5.74) is 10.3. The molecule has 3 aliphatic rings. The summed E-state index contributed by atoms with van der Waals surface area (Å²) in [6.07, 6.45) is 2.86. The number of rotatable bonds is 37. The van der Waals surface area contributed by atoms with E-state index >= 15 is 0 Å². The summed E-state index contributed by atoms with van der Waals surface area (Å²) < 4.78 is 112. The number of ether oxygens (including phenoxy) is 2. The van der Waals surface area contributed by atoms with Gasteiger partial charge in [0.2, 0.25) is 17.7 Å². The number of alkyl halides is 6. The van der Waals surface area contributed by atoms with Gasteiger partial charge in [-0.25, -0.2) is 28.0 Å². The van der Waals surface area contributed by atoms with Crippen molar-refractivity contribution < 1.29 is 113 Å². The molecule has 5 aromatic carbocycles. The first-order valence-corrected chi connectivity index (χ1v) is 44.1. The number of allylic oxidation sites excluding steroid dienone is 4. The van der Waals surface area contributed by atoms with Crippen molar-refractivity contribution in [3.8, 4) is 0 Å². The molecule has 126 heavy (non-hydrogen) atoms. The summed E-state index contributed by atoms with van der Waals surface area (Å²) in [7, 11) is -2.06. The lowest BCUT2D eigenvalue weighted by Gasteiger charge is -2.45. The number of nitrogens with zero attached hydrogens (tertiary/aromatic N) is 2. The fourth-order valence-electron chi connectivity index (χ4n) is 14.8. The molecule has 2 fully saturated rings. The van der Waals surface area contributed by atoms with E-state index in [9.17, 15) is 98.0 Å². The number of pyridine rings is 1. The topological polar surface area (TPSA) is 404 Å². The van der Waals surface area contributed by atoms with Crippen molar-refractivity contribution in [1.82, 2.24) is 31.2 Å². The van der Waals surface area contributed by atoms with Gasteiger partial charge < -0.3 is 56.9 Å². The first-order chi connectivity index (χ1) is 59.3. The van der Waals surface area contributed by atoms with Crippen LogP contribution in [0.15, 0.2) is 180 Å². The number of nitrogens with two attached hydrogens (primary N) is 1. The highest BCUT2D eigenvalue weighted by Gasteiger charge is 2.63. The van der Waals surface area contributed by atoms with E-state index in [1.54, 1.807) is 86.1 Å². The highest BCUT2D eigenvalue weighted by molar-refractivity contribution is 7.91. The maximum atomic E-state index is 13.4. The summed E-state index contributed by atoms with van der Waals surface area (Å²) in [6.45, 7) is 11.9. The van der Waals surface area contributed by atoms with Gasteiger partial charge in [0.1, 0.15) is 17.5 Å². The third-order valence-electron chi connectivity index (χ3n) is 21.8. The Morgan fingerprint density at radius 3 is 1.92 bits per heavy atom. The minimum atomic E-state index is -4.76. The van der Waals surface area contributed by atoms with Gasteiger partial charge in [-0.1, -0.05) is 184 Å². The molecule has 2 aromatic heterocycles. The van der Waals surface area contributed by atoms with Crippen LogP contribution in [0.1, 0.15) is 191 Å². The SMILES string of the molecule is CCC1(C(=O)NCC(CC(=O)O)C(F)(F)F)CC1S(C)(=O)=O.CCCc1cccc(C(=O)NC(C(=O)O)c2ccc(Cl)c(C)c2)n1.CCc1ccc(C(NC(=O)CC2(c3cccc(C(F)(F)F)c3)CCOC(C)(C)C2)C(C)=O)cc1.COCC(NC(=O)C(CN)Cc1ccccc1)(C(=O)O)c1ccccc1.O=C(CCc1cscn1)CC(CC1=CCC=C1)C(=O)O. The number of aryl methyl sites for hydroxylation is 4. The largest absolute Gasteiger partial charge is 0.481 e. The normalized spacial score (nSPS) is 17.8. The number of Topliss-reactive ketones (excluding diaryl/α,β-unsaturated/α-hetero) is 2. The number of thiazole rings is 1. The van der Waals surface area contributed by atoms with Gasteiger partial charge in [0, 0.05) is 73.8 Å². The number of amides is 4. The summed E-state index contributed by atoms with van der Waals surface area (Å²) in [5, 5.41) is 48.7. The fraction of sp³-hybridized carbons (Fsp3) is 0.435. The van der Waals surface area contributed by atoms with Gasteiger partial charge in [-0.2, -0.15) is 26.3 Å². The number of aliphatic carboxylic acids is 4. The Morgan fingerprint density at radius 2 is 1.40 bits per heavy atom. The summed E-state index contributed by atoms with van der Waals surface area (Å²) in [6, 6.07) is 38.8. The average molecular weight is 1820 g/mol. The van der Waals surface area contributed by atoms with E-state index in [-0.39, 0.29) is 62.0 Å². The Balaban J connectivity index is 0.000000246. The van der Waals surface area contributed by atoms with Crippen molar-refractivity contribution in [1.29, 1.82) is 0 Å². The van der Waals surface area contributed by atoms with Crippen LogP contribution >= 0.6 is 22.9 Å². The molecule has 0 radical (unpaired) electrons. The van der Waals surface area contributed by atoms with Crippen LogP contribution < -0.4 is 27.0 Å². The molecule has 34 heteroatoms. The van der Waals surface area contributed by atoms with Crippen molar-refractivity contribution in [3.63, 3.8) is 0 Å². The third kappa shape index (κ3) is 31.3. The second-order valence-electron chi connectivity index (χ2n) is 31.9. The number of carboxylic acids is 4. The quantitative estimate of drug-likeness (QED) is 0.0163. The highest BCUT2D eigenvalue weighted by atomic mass is 35.5. The molecule has 1 aliphatic heterocycles. The number of carboxylic acid groups (broad SMARTS) is 4. The summed E-state index contributed by atoms with van der Waals surface area (Å²) in [4.78, 5) is 129. The molecule has 7 aromatic rings. The van der Waals surface area contributed by atoms with Crippen LogP contribution in [0.3, 0.4) is 0 Å². The van der Waals surface area contributed by atoms with Gasteiger partial charge >= 0.3 is 36.2 Å². The zero-order valence-electron chi connectivity index (χ0n) is 71.6. The number of sulfone groups is 1. The Bertz CT molecular complexity index is 5040. The predicted molar refractivity (Wildman–Crippen MR) is 464 cm³/mol. The maximum Gasteiger partial charge on any atom is 0.416 e. The van der Waals surface area contributed by atoms with Crippen molar-refractivity contribution in [2.75, 3.05) is 39.7 Å². The Morgan fingerprint density at radius 1 is 0.746 bits per heavy atom. The third-order valence-corrected chi connectivity index (χ3v) is 24.5. The van der Waals surface area contributed by atoms with Crippen LogP contribution in [0.2, 0.25) is 5.02 Å².